The van der Waals surface area contributed by atoms with Gasteiger partial charge in [-0.25, -0.2) is 0 Å². The third-order valence-electron chi connectivity index (χ3n) is 3.72. The van der Waals surface area contributed by atoms with E-state index in [1.54, 1.807) is 17.0 Å². The largest absolute Gasteiger partial charge is 0.354 e. The van der Waals surface area contributed by atoms with Crippen LogP contribution in [0.25, 0.3) is 0 Å². The van der Waals surface area contributed by atoms with E-state index in [4.69, 9.17) is 0 Å². The van der Waals surface area contributed by atoms with E-state index in [1.807, 2.05) is 19.2 Å². The standard InChI is InChI=1S/C16H23N3O3S/c1-11(2)18-15(21)12-5-3-7-19(10-12)14(20)9-17-16(22)13-6-4-8-23-13/h4,6,8,11-12H,3,5,7,9-10H2,1-2H3,(H,17,22)(H,18,21)/t12-/m0/s1. The van der Waals surface area contributed by atoms with Crippen molar-refractivity contribution in [1.82, 2.24) is 15.5 Å². The molecule has 1 saturated heterocycles. The van der Waals surface area contributed by atoms with Gasteiger partial charge >= 0.3 is 0 Å². The molecule has 0 spiro atoms. The lowest BCUT2D eigenvalue weighted by Gasteiger charge is -2.32. The molecule has 2 N–H and O–H groups in total. The first-order valence-corrected chi connectivity index (χ1v) is 8.75. The van der Waals surface area contributed by atoms with Gasteiger partial charge in [0, 0.05) is 19.1 Å². The zero-order valence-corrected chi connectivity index (χ0v) is 14.3. The van der Waals surface area contributed by atoms with Crippen molar-refractivity contribution in [2.75, 3.05) is 19.6 Å². The average Bonchev–Trinajstić information content (AvgIpc) is 3.06. The average molecular weight is 337 g/mol. The van der Waals surface area contributed by atoms with Crippen molar-refractivity contribution in [1.29, 1.82) is 0 Å². The van der Waals surface area contributed by atoms with Gasteiger partial charge in [0.2, 0.25) is 11.8 Å². The fraction of sp³-hybridized carbons (Fsp3) is 0.562. The third-order valence-corrected chi connectivity index (χ3v) is 4.59. The molecule has 6 nitrogen and oxygen atoms in total. The highest BCUT2D eigenvalue weighted by atomic mass is 32.1. The Hall–Kier alpha value is -1.89. The fourth-order valence-corrected chi connectivity index (χ4v) is 3.22. The summed E-state index contributed by atoms with van der Waals surface area (Å²) in [6.45, 7) is 4.87. The van der Waals surface area contributed by atoms with Crippen LogP contribution in [0.5, 0.6) is 0 Å². The van der Waals surface area contributed by atoms with Crippen molar-refractivity contribution in [3.05, 3.63) is 22.4 Å². The van der Waals surface area contributed by atoms with E-state index in [2.05, 4.69) is 10.6 Å². The van der Waals surface area contributed by atoms with Gasteiger partial charge in [-0.15, -0.1) is 11.3 Å². The summed E-state index contributed by atoms with van der Waals surface area (Å²) in [4.78, 5) is 38.4. The van der Waals surface area contributed by atoms with Gasteiger partial charge in [0.15, 0.2) is 0 Å². The van der Waals surface area contributed by atoms with Crippen LogP contribution in [0, 0.1) is 5.92 Å². The summed E-state index contributed by atoms with van der Waals surface area (Å²) in [6.07, 6.45) is 1.60. The number of rotatable bonds is 5. The van der Waals surface area contributed by atoms with Gasteiger partial charge in [-0.2, -0.15) is 0 Å². The molecule has 3 amide bonds. The van der Waals surface area contributed by atoms with Gasteiger partial charge in [0.05, 0.1) is 17.3 Å². The van der Waals surface area contributed by atoms with Gasteiger partial charge in [0.25, 0.3) is 5.91 Å². The van der Waals surface area contributed by atoms with Crippen LogP contribution in [-0.2, 0) is 9.59 Å². The Morgan fingerprint density at radius 3 is 2.83 bits per heavy atom. The Labute approximate surface area is 140 Å². The molecule has 1 aromatic rings. The maximum absolute atomic E-state index is 12.2. The van der Waals surface area contributed by atoms with Gasteiger partial charge in [-0.05, 0) is 38.1 Å². The van der Waals surface area contributed by atoms with Gasteiger partial charge < -0.3 is 15.5 Å². The Morgan fingerprint density at radius 1 is 1.39 bits per heavy atom. The number of amides is 3. The van der Waals surface area contributed by atoms with Gasteiger partial charge in [0.1, 0.15) is 0 Å². The van der Waals surface area contributed by atoms with Crippen LogP contribution in [0.2, 0.25) is 0 Å². The molecule has 2 rings (SSSR count). The molecule has 0 aromatic carbocycles. The molecule has 0 unspecified atom stereocenters. The maximum Gasteiger partial charge on any atom is 0.261 e. The molecule has 2 heterocycles. The van der Waals surface area contributed by atoms with Crippen molar-refractivity contribution in [3.63, 3.8) is 0 Å². The summed E-state index contributed by atoms with van der Waals surface area (Å²) in [7, 11) is 0. The minimum Gasteiger partial charge on any atom is -0.354 e. The molecule has 0 bridgehead atoms. The molecular weight excluding hydrogens is 314 g/mol. The van der Waals surface area contributed by atoms with Crippen LogP contribution in [0.4, 0.5) is 0 Å². The number of carbonyl (C=O) groups is 3. The summed E-state index contributed by atoms with van der Waals surface area (Å²) in [5, 5.41) is 7.35. The molecule has 23 heavy (non-hydrogen) atoms. The molecule has 7 heteroatoms. The lowest BCUT2D eigenvalue weighted by Crippen LogP contribution is -2.49. The van der Waals surface area contributed by atoms with Crippen molar-refractivity contribution in [3.8, 4) is 0 Å². The maximum atomic E-state index is 12.2. The molecule has 1 aromatic heterocycles. The van der Waals surface area contributed by atoms with Gasteiger partial charge in [-0.3, -0.25) is 14.4 Å². The van der Waals surface area contributed by atoms with E-state index in [0.29, 0.717) is 18.0 Å². The first-order valence-electron chi connectivity index (χ1n) is 7.87. The fourth-order valence-electron chi connectivity index (χ4n) is 2.58. The molecule has 126 valence electrons. The van der Waals surface area contributed by atoms with Crippen LogP contribution in [0.1, 0.15) is 36.4 Å². The molecule has 1 atom stereocenters. The Bertz CT molecular complexity index is 557. The normalized spacial score (nSPS) is 17.9. The van der Waals surface area contributed by atoms with Crippen molar-refractivity contribution in [2.24, 2.45) is 5.92 Å². The van der Waals surface area contributed by atoms with Crippen LogP contribution in [0.3, 0.4) is 0 Å². The summed E-state index contributed by atoms with van der Waals surface area (Å²) in [5.41, 5.74) is 0. The van der Waals surface area contributed by atoms with Crippen molar-refractivity contribution < 1.29 is 14.4 Å². The van der Waals surface area contributed by atoms with Crippen LogP contribution in [-0.4, -0.2) is 48.3 Å². The number of likely N-dealkylation sites (tertiary alicyclic amines) is 1. The summed E-state index contributed by atoms with van der Waals surface area (Å²) in [5.74, 6) is -0.542. The molecule has 1 aliphatic heterocycles. The number of hydrogen-bond acceptors (Lipinski definition) is 4. The summed E-state index contributed by atoms with van der Waals surface area (Å²) >= 11 is 1.34. The summed E-state index contributed by atoms with van der Waals surface area (Å²) in [6, 6.07) is 3.61. The summed E-state index contributed by atoms with van der Waals surface area (Å²) < 4.78 is 0. The third kappa shape index (κ3) is 5.06. The minimum atomic E-state index is -0.237. The van der Waals surface area contributed by atoms with Crippen LogP contribution in [0.15, 0.2) is 17.5 Å². The Kier molecular flexibility index (Phi) is 6.15. The Morgan fingerprint density at radius 2 is 2.17 bits per heavy atom. The molecule has 0 aliphatic carbocycles. The highest BCUT2D eigenvalue weighted by molar-refractivity contribution is 7.12. The number of thiophene rings is 1. The lowest BCUT2D eigenvalue weighted by molar-refractivity contribution is -0.135. The highest BCUT2D eigenvalue weighted by Crippen LogP contribution is 2.17. The zero-order valence-electron chi connectivity index (χ0n) is 13.5. The quantitative estimate of drug-likeness (QED) is 0.848. The lowest BCUT2D eigenvalue weighted by atomic mass is 9.97. The van der Waals surface area contributed by atoms with E-state index < -0.39 is 0 Å². The first kappa shape index (κ1) is 17.5. The topological polar surface area (TPSA) is 78.5 Å². The van der Waals surface area contributed by atoms with E-state index in [9.17, 15) is 14.4 Å². The molecule has 0 radical (unpaired) electrons. The van der Waals surface area contributed by atoms with E-state index in [0.717, 1.165) is 12.8 Å². The highest BCUT2D eigenvalue weighted by Gasteiger charge is 2.28. The number of nitrogens with one attached hydrogen (secondary N) is 2. The zero-order chi connectivity index (χ0) is 16.8. The van der Waals surface area contributed by atoms with E-state index in [-0.39, 0.29) is 36.2 Å². The van der Waals surface area contributed by atoms with Crippen molar-refractivity contribution >= 4 is 29.1 Å². The second kappa shape index (κ2) is 8.10. The minimum absolute atomic E-state index is 0.000112. The molecule has 0 saturated carbocycles. The smallest absolute Gasteiger partial charge is 0.261 e. The van der Waals surface area contributed by atoms with Gasteiger partial charge in [-0.1, -0.05) is 6.07 Å². The SMILES string of the molecule is CC(C)NC(=O)[C@H]1CCCN(C(=O)CNC(=O)c2cccs2)C1. The second-order valence-electron chi connectivity index (χ2n) is 6.00. The van der Waals surface area contributed by atoms with Crippen LogP contribution >= 0.6 is 11.3 Å². The number of carbonyl (C=O) groups excluding carboxylic acids is 3. The number of hydrogen-bond donors (Lipinski definition) is 2. The van der Waals surface area contributed by atoms with E-state index in [1.165, 1.54) is 11.3 Å². The van der Waals surface area contributed by atoms with E-state index >= 15 is 0 Å². The molecule has 1 fully saturated rings. The Balaban J connectivity index is 1.82. The second-order valence-corrected chi connectivity index (χ2v) is 6.95. The molecular formula is C16H23N3O3S. The predicted molar refractivity (Wildman–Crippen MR) is 89.2 cm³/mol. The number of nitrogens with zero attached hydrogens (tertiary/aromatic N) is 1. The number of piperidine rings is 1. The predicted octanol–water partition coefficient (Wildman–Crippen LogP) is 1.24. The first-order chi connectivity index (χ1) is 11.0. The van der Waals surface area contributed by atoms with Crippen molar-refractivity contribution in [2.45, 2.75) is 32.7 Å². The van der Waals surface area contributed by atoms with Crippen LogP contribution < -0.4 is 10.6 Å². The molecule has 1 aliphatic rings. The monoisotopic (exact) mass is 337 g/mol.